The number of piperazine rings is 1. The van der Waals surface area contributed by atoms with Crippen LogP contribution in [0.2, 0.25) is 5.02 Å². The van der Waals surface area contributed by atoms with E-state index in [9.17, 15) is 17.6 Å². The number of para-hydroxylation sites is 1. The molecule has 0 atom stereocenters. The number of anilines is 1. The van der Waals surface area contributed by atoms with Crippen molar-refractivity contribution in [1.82, 2.24) is 9.62 Å². The molecule has 0 aliphatic carbocycles. The first-order valence-corrected chi connectivity index (χ1v) is 12.2. The van der Waals surface area contributed by atoms with Gasteiger partial charge in [0.25, 0.3) is 5.91 Å². The first-order valence-electron chi connectivity index (χ1n) is 10.4. The van der Waals surface area contributed by atoms with E-state index in [0.29, 0.717) is 38.4 Å². The van der Waals surface area contributed by atoms with E-state index in [1.807, 2.05) is 18.7 Å². The Morgan fingerprint density at radius 3 is 2.47 bits per heavy atom. The lowest BCUT2D eigenvalue weighted by atomic mass is 10.2. The molecule has 0 unspecified atom stereocenters. The van der Waals surface area contributed by atoms with Crippen molar-refractivity contribution in [3.63, 3.8) is 0 Å². The van der Waals surface area contributed by atoms with Crippen molar-refractivity contribution in [2.24, 2.45) is 5.92 Å². The van der Waals surface area contributed by atoms with Crippen molar-refractivity contribution < 1.29 is 22.3 Å². The quantitative estimate of drug-likeness (QED) is 0.624. The maximum absolute atomic E-state index is 14.0. The summed E-state index contributed by atoms with van der Waals surface area (Å²) in [6.07, 6.45) is 0. The number of benzene rings is 2. The van der Waals surface area contributed by atoms with Crippen LogP contribution in [0.3, 0.4) is 0 Å². The summed E-state index contributed by atoms with van der Waals surface area (Å²) in [5.74, 6) is -0.102. The lowest BCUT2D eigenvalue weighted by Crippen LogP contribution is -2.50. The molecule has 0 spiro atoms. The van der Waals surface area contributed by atoms with Crippen molar-refractivity contribution in [3.8, 4) is 5.75 Å². The van der Waals surface area contributed by atoms with Gasteiger partial charge < -0.3 is 14.5 Å². The zero-order chi connectivity index (χ0) is 23.3. The Labute approximate surface area is 193 Å². The van der Waals surface area contributed by atoms with Gasteiger partial charge in [0.2, 0.25) is 10.0 Å². The van der Waals surface area contributed by atoms with E-state index in [-0.39, 0.29) is 39.9 Å². The molecule has 1 aliphatic heterocycles. The molecule has 1 saturated heterocycles. The van der Waals surface area contributed by atoms with Gasteiger partial charge in [-0.1, -0.05) is 37.6 Å². The maximum atomic E-state index is 14.0. The molecule has 1 fully saturated rings. The van der Waals surface area contributed by atoms with E-state index in [0.717, 1.165) is 0 Å². The molecule has 0 radical (unpaired) electrons. The Morgan fingerprint density at radius 2 is 1.84 bits per heavy atom. The number of rotatable bonds is 8. The molecule has 1 N–H and O–H groups in total. The monoisotopic (exact) mass is 483 g/mol. The van der Waals surface area contributed by atoms with Crippen LogP contribution in [0.25, 0.3) is 0 Å². The highest BCUT2D eigenvalue weighted by molar-refractivity contribution is 7.89. The van der Waals surface area contributed by atoms with E-state index in [1.165, 1.54) is 24.3 Å². The van der Waals surface area contributed by atoms with Gasteiger partial charge in [0, 0.05) is 32.7 Å². The van der Waals surface area contributed by atoms with Gasteiger partial charge in [-0.05, 0) is 36.2 Å². The summed E-state index contributed by atoms with van der Waals surface area (Å²) < 4.78 is 46.7. The zero-order valence-corrected chi connectivity index (χ0v) is 19.6. The zero-order valence-electron chi connectivity index (χ0n) is 18.1. The SMILES string of the molecule is CC(C)CNS(=O)(=O)c1ccc(OCC(=O)N2CCN(c3ccccc3F)CC2)c(Cl)c1. The third-order valence-corrected chi connectivity index (χ3v) is 6.79. The Bertz CT molecular complexity index is 1060. The van der Waals surface area contributed by atoms with Gasteiger partial charge in [0.1, 0.15) is 11.6 Å². The first kappa shape index (κ1) is 24.3. The smallest absolute Gasteiger partial charge is 0.260 e. The van der Waals surface area contributed by atoms with Crippen LogP contribution < -0.4 is 14.4 Å². The van der Waals surface area contributed by atoms with Gasteiger partial charge in [0.15, 0.2) is 6.61 Å². The second-order valence-electron chi connectivity index (χ2n) is 7.95. The molecule has 32 heavy (non-hydrogen) atoms. The van der Waals surface area contributed by atoms with Gasteiger partial charge in [-0.3, -0.25) is 4.79 Å². The minimum Gasteiger partial charge on any atom is -0.482 e. The molecule has 1 aliphatic rings. The molecule has 1 heterocycles. The molecule has 1 amide bonds. The summed E-state index contributed by atoms with van der Waals surface area (Å²) in [7, 11) is -3.67. The van der Waals surface area contributed by atoms with E-state index >= 15 is 0 Å². The predicted molar refractivity (Wildman–Crippen MR) is 122 cm³/mol. The van der Waals surface area contributed by atoms with Crippen LogP contribution >= 0.6 is 11.6 Å². The first-order chi connectivity index (χ1) is 15.2. The number of carbonyl (C=O) groups excluding carboxylic acids is 1. The summed E-state index contributed by atoms with van der Waals surface area (Å²) in [4.78, 5) is 16.1. The predicted octanol–water partition coefficient (Wildman–Crippen LogP) is 3.14. The Balaban J connectivity index is 1.53. The minimum atomic E-state index is -3.67. The van der Waals surface area contributed by atoms with Gasteiger partial charge in [-0.15, -0.1) is 0 Å². The summed E-state index contributed by atoms with van der Waals surface area (Å²) >= 11 is 6.18. The fourth-order valence-corrected chi connectivity index (χ4v) is 4.80. The number of amides is 1. The highest BCUT2D eigenvalue weighted by Crippen LogP contribution is 2.27. The summed E-state index contributed by atoms with van der Waals surface area (Å²) in [5.41, 5.74) is 0.528. The molecule has 7 nitrogen and oxygen atoms in total. The largest absolute Gasteiger partial charge is 0.482 e. The average molecular weight is 484 g/mol. The number of hydrogen-bond donors (Lipinski definition) is 1. The molecular formula is C22H27ClFN3O4S. The maximum Gasteiger partial charge on any atom is 0.260 e. The van der Waals surface area contributed by atoms with Crippen LogP contribution in [-0.4, -0.2) is 58.6 Å². The molecule has 2 aromatic rings. The Hall–Kier alpha value is -2.36. The van der Waals surface area contributed by atoms with Gasteiger partial charge in [-0.2, -0.15) is 0 Å². The number of nitrogens with zero attached hydrogens (tertiary/aromatic N) is 2. The summed E-state index contributed by atoms with van der Waals surface area (Å²) in [6, 6.07) is 10.7. The Kier molecular flexibility index (Phi) is 7.97. The molecule has 10 heteroatoms. The molecule has 174 valence electrons. The number of nitrogens with one attached hydrogen (secondary N) is 1. The van der Waals surface area contributed by atoms with Crippen LogP contribution in [0.4, 0.5) is 10.1 Å². The second kappa shape index (κ2) is 10.5. The van der Waals surface area contributed by atoms with E-state index in [4.69, 9.17) is 16.3 Å². The molecule has 0 aromatic heterocycles. The van der Waals surface area contributed by atoms with Gasteiger partial charge in [0.05, 0.1) is 15.6 Å². The van der Waals surface area contributed by atoms with E-state index < -0.39 is 10.0 Å². The van der Waals surface area contributed by atoms with Crippen LogP contribution in [0, 0.1) is 11.7 Å². The van der Waals surface area contributed by atoms with Crippen molar-refractivity contribution in [1.29, 1.82) is 0 Å². The van der Waals surface area contributed by atoms with Crippen LogP contribution in [0.15, 0.2) is 47.4 Å². The molecule has 0 saturated carbocycles. The van der Waals surface area contributed by atoms with Gasteiger partial charge in [-0.25, -0.2) is 17.5 Å². The third-order valence-electron chi connectivity index (χ3n) is 5.07. The second-order valence-corrected chi connectivity index (χ2v) is 10.1. The van der Waals surface area contributed by atoms with Crippen molar-refractivity contribution in [3.05, 3.63) is 53.3 Å². The molecular weight excluding hydrogens is 457 g/mol. The Morgan fingerprint density at radius 1 is 1.16 bits per heavy atom. The van der Waals surface area contributed by atoms with E-state index in [1.54, 1.807) is 23.1 Å². The van der Waals surface area contributed by atoms with E-state index in [2.05, 4.69) is 4.72 Å². The normalized spacial score (nSPS) is 14.7. The fraction of sp³-hybridized carbons (Fsp3) is 0.409. The molecule has 2 aromatic carbocycles. The van der Waals surface area contributed by atoms with Crippen molar-refractivity contribution in [2.45, 2.75) is 18.7 Å². The standard InChI is InChI=1S/C22H27ClFN3O4S/c1-16(2)14-25-32(29,30)17-7-8-21(18(23)13-17)31-15-22(28)27-11-9-26(10-12-27)20-6-4-3-5-19(20)24/h3-8,13,16,25H,9-12,14-15H2,1-2H3. The number of sulfonamides is 1. The summed E-state index contributed by atoms with van der Waals surface area (Å²) in [6.45, 7) is 5.83. The van der Waals surface area contributed by atoms with Gasteiger partial charge >= 0.3 is 0 Å². The highest BCUT2D eigenvalue weighted by Gasteiger charge is 2.23. The van der Waals surface area contributed by atoms with Crippen LogP contribution in [-0.2, 0) is 14.8 Å². The number of carbonyl (C=O) groups is 1. The third kappa shape index (κ3) is 6.11. The summed E-state index contributed by atoms with van der Waals surface area (Å²) in [5, 5.41) is 0.106. The highest BCUT2D eigenvalue weighted by atomic mass is 35.5. The van der Waals surface area contributed by atoms with Crippen LogP contribution in [0.5, 0.6) is 5.75 Å². The minimum absolute atomic E-state index is 0.0334. The van der Waals surface area contributed by atoms with Crippen molar-refractivity contribution >= 4 is 33.2 Å². The van der Waals surface area contributed by atoms with Crippen LogP contribution in [0.1, 0.15) is 13.8 Å². The lowest BCUT2D eigenvalue weighted by molar-refractivity contribution is -0.133. The number of ether oxygens (including phenoxy) is 1. The lowest BCUT2D eigenvalue weighted by Gasteiger charge is -2.36. The average Bonchev–Trinajstić information content (AvgIpc) is 2.77. The molecule has 3 rings (SSSR count). The van der Waals surface area contributed by atoms with Crippen molar-refractivity contribution in [2.75, 3.05) is 44.2 Å². The molecule has 0 bridgehead atoms. The topological polar surface area (TPSA) is 78.9 Å². The fourth-order valence-electron chi connectivity index (χ4n) is 3.26. The number of hydrogen-bond acceptors (Lipinski definition) is 5. The number of halogens is 2.